The van der Waals surface area contributed by atoms with Gasteiger partial charge in [-0.1, -0.05) is 84.7 Å². The van der Waals surface area contributed by atoms with Gasteiger partial charge in [0.1, 0.15) is 18.3 Å². The minimum Gasteiger partial charge on any atom is -0.497 e. The van der Waals surface area contributed by atoms with Crippen LogP contribution in [-0.2, 0) is 32.6 Å². The molecule has 46 heavy (non-hydrogen) atoms. The minimum absolute atomic E-state index is 0.0173. The Kier molecular flexibility index (Phi) is 12.1. The maximum absolute atomic E-state index is 14.5. The van der Waals surface area contributed by atoms with E-state index in [2.05, 4.69) is 5.32 Å². The molecule has 11 heteroatoms. The highest BCUT2D eigenvalue weighted by Crippen LogP contribution is 2.27. The maximum Gasteiger partial charge on any atom is 0.264 e. The van der Waals surface area contributed by atoms with Crippen LogP contribution in [0, 0.1) is 0 Å². The second kappa shape index (κ2) is 16.0. The van der Waals surface area contributed by atoms with Crippen LogP contribution in [0.1, 0.15) is 31.4 Å². The Morgan fingerprint density at radius 2 is 1.48 bits per heavy atom. The normalized spacial score (nSPS) is 12.5. The Labute approximate surface area is 280 Å². The number of sulfonamides is 1. The molecular formula is C35H37Cl2N3O5S. The zero-order chi connectivity index (χ0) is 33.3. The number of anilines is 1. The highest BCUT2D eigenvalue weighted by Gasteiger charge is 2.35. The van der Waals surface area contributed by atoms with Gasteiger partial charge in [0.15, 0.2) is 0 Å². The fourth-order valence-electron chi connectivity index (χ4n) is 4.83. The van der Waals surface area contributed by atoms with Crippen molar-refractivity contribution in [2.24, 2.45) is 0 Å². The Morgan fingerprint density at radius 3 is 2.07 bits per heavy atom. The smallest absolute Gasteiger partial charge is 0.264 e. The molecule has 0 radical (unpaired) electrons. The van der Waals surface area contributed by atoms with Crippen LogP contribution in [0.3, 0.4) is 0 Å². The van der Waals surface area contributed by atoms with Crippen LogP contribution in [0.4, 0.5) is 5.69 Å². The van der Waals surface area contributed by atoms with Gasteiger partial charge in [0.05, 0.1) is 27.7 Å². The van der Waals surface area contributed by atoms with Crippen LogP contribution in [-0.4, -0.2) is 50.9 Å². The first-order chi connectivity index (χ1) is 22.0. The molecule has 0 fully saturated rings. The number of methoxy groups -OCH3 is 1. The Hall–Kier alpha value is -4.05. The van der Waals surface area contributed by atoms with Crippen LogP contribution in [0.15, 0.2) is 108 Å². The summed E-state index contributed by atoms with van der Waals surface area (Å²) in [5.41, 5.74) is 1.76. The minimum atomic E-state index is -4.23. The molecule has 4 aromatic carbocycles. The van der Waals surface area contributed by atoms with Crippen molar-refractivity contribution in [2.75, 3.05) is 18.0 Å². The third-order valence-corrected chi connectivity index (χ3v) is 10.1. The van der Waals surface area contributed by atoms with Crippen molar-refractivity contribution in [1.29, 1.82) is 0 Å². The molecule has 0 bridgehead atoms. The quantitative estimate of drug-likeness (QED) is 0.159. The van der Waals surface area contributed by atoms with E-state index in [1.54, 1.807) is 60.7 Å². The molecule has 4 aromatic rings. The van der Waals surface area contributed by atoms with Crippen molar-refractivity contribution in [3.63, 3.8) is 0 Å². The Balaban J connectivity index is 1.80. The topological polar surface area (TPSA) is 96.0 Å². The Bertz CT molecular complexity index is 1720. The first kappa shape index (κ1) is 34.8. The van der Waals surface area contributed by atoms with Crippen LogP contribution in [0.25, 0.3) is 0 Å². The number of carbonyl (C=O) groups is 2. The van der Waals surface area contributed by atoms with Gasteiger partial charge in [-0.2, -0.15) is 0 Å². The number of nitrogens with zero attached hydrogens (tertiary/aromatic N) is 2. The molecule has 0 aliphatic carbocycles. The fraction of sp³-hybridized carbons (Fsp3) is 0.257. The molecule has 0 aliphatic rings. The molecule has 2 unspecified atom stereocenters. The molecule has 0 spiro atoms. The molecule has 0 heterocycles. The van der Waals surface area contributed by atoms with Crippen molar-refractivity contribution in [3.05, 3.63) is 124 Å². The van der Waals surface area contributed by atoms with E-state index in [0.717, 1.165) is 9.87 Å². The van der Waals surface area contributed by atoms with Crippen LogP contribution in [0.2, 0.25) is 10.0 Å². The lowest BCUT2D eigenvalue weighted by Crippen LogP contribution is -2.54. The number of rotatable bonds is 14. The summed E-state index contributed by atoms with van der Waals surface area (Å²) in [4.78, 5) is 29.8. The number of para-hydroxylation sites is 1. The number of hydrogen-bond acceptors (Lipinski definition) is 5. The number of carbonyl (C=O) groups excluding carboxylic acids is 2. The lowest BCUT2D eigenvalue weighted by atomic mass is 10.0. The molecule has 2 amide bonds. The first-order valence-corrected chi connectivity index (χ1v) is 17.0. The summed E-state index contributed by atoms with van der Waals surface area (Å²) >= 11 is 12.5. The number of ether oxygens (including phenoxy) is 1. The van der Waals surface area contributed by atoms with Gasteiger partial charge in [-0.15, -0.1) is 0 Å². The molecule has 2 atom stereocenters. The van der Waals surface area contributed by atoms with Gasteiger partial charge in [0, 0.05) is 19.0 Å². The molecule has 0 saturated heterocycles. The average molecular weight is 683 g/mol. The lowest BCUT2D eigenvalue weighted by Gasteiger charge is -2.34. The number of benzene rings is 4. The van der Waals surface area contributed by atoms with Crippen LogP contribution in [0.5, 0.6) is 5.75 Å². The van der Waals surface area contributed by atoms with Crippen molar-refractivity contribution in [3.8, 4) is 5.75 Å². The molecule has 4 rings (SSSR count). The lowest BCUT2D eigenvalue weighted by molar-refractivity contribution is -0.140. The fourth-order valence-corrected chi connectivity index (χ4v) is 6.56. The maximum atomic E-state index is 14.5. The summed E-state index contributed by atoms with van der Waals surface area (Å²) in [6.07, 6.45) is 0.888. The van der Waals surface area contributed by atoms with E-state index in [-0.39, 0.29) is 29.8 Å². The molecule has 242 valence electrons. The summed E-state index contributed by atoms with van der Waals surface area (Å²) in [5.74, 6) is -0.437. The monoisotopic (exact) mass is 681 g/mol. The van der Waals surface area contributed by atoms with E-state index in [1.807, 2.05) is 44.2 Å². The van der Waals surface area contributed by atoms with Crippen molar-refractivity contribution in [2.45, 2.75) is 50.2 Å². The largest absolute Gasteiger partial charge is 0.497 e. The summed E-state index contributed by atoms with van der Waals surface area (Å²) in [6, 6.07) is 27.6. The van der Waals surface area contributed by atoms with Gasteiger partial charge in [-0.25, -0.2) is 8.42 Å². The molecule has 1 N–H and O–H groups in total. The summed E-state index contributed by atoms with van der Waals surface area (Å²) in [7, 11) is -2.74. The Morgan fingerprint density at radius 1 is 0.848 bits per heavy atom. The molecule has 0 aliphatic heterocycles. The van der Waals surface area contributed by atoms with Crippen molar-refractivity contribution < 1.29 is 22.7 Å². The van der Waals surface area contributed by atoms with Gasteiger partial charge in [0.25, 0.3) is 10.0 Å². The predicted octanol–water partition coefficient (Wildman–Crippen LogP) is 6.75. The second-order valence-corrected chi connectivity index (χ2v) is 13.5. The number of amides is 2. The molecular weight excluding hydrogens is 645 g/mol. The highest BCUT2D eigenvalue weighted by molar-refractivity contribution is 7.92. The van der Waals surface area contributed by atoms with Gasteiger partial charge < -0.3 is 15.0 Å². The van der Waals surface area contributed by atoms with E-state index < -0.39 is 28.5 Å². The van der Waals surface area contributed by atoms with E-state index in [0.29, 0.717) is 33.5 Å². The third-order valence-electron chi connectivity index (χ3n) is 7.58. The molecule has 0 saturated carbocycles. The van der Waals surface area contributed by atoms with E-state index >= 15 is 0 Å². The van der Waals surface area contributed by atoms with E-state index in [9.17, 15) is 18.0 Å². The SMILES string of the molecule is CCC(C)NC(=O)C(Cc1ccccc1)N(Cc1ccc(Cl)c(Cl)c1)C(=O)CN(c1ccccc1)S(=O)(=O)c1ccc(OC)cc1. The zero-order valence-electron chi connectivity index (χ0n) is 25.9. The van der Waals surface area contributed by atoms with Gasteiger partial charge in [-0.05, 0) is 73.0 Å². The standard InChI is InChI=1S/C35H37Cl2N3O5S/c1-4-25(2)38-35(42)33(22-26-11-7-5-8-12-26)39(23-27-15-20-31(36)32(37)21-27)34(41)24-40(28-13-9-6-10-14-28)46(43,44)30-18-16-29(45-3)17-19-30/h5-21,25,33H,4,22-24H2,1-3H3,(H,38,42). The van der Waals surface area contributed by atoms with Crippen LogP contribution >= 0.6 is 23.2 Å². The zero-order valence-corrected chi connectivity index (χ0v) is 28.2. The number of halogens is 2. The summed E-state index contributed by atoms with van der Waals surface area (Å²) in [6.45, 7) is 3.26. The number of hydrogen-bond donors (Lipinski definition) is 1. The summed E-state index contributed by atoms with van der Waals surface area (Å²) in [5, 5.41) is 3.66. The van der Waals surface area contributed by atoms with Gasteiger partial charge in [0.2, 0.25) is 11.8 Å². The van der Waals surface area contributed by atoms with Gasteiger partial charge >= 0.3 is 0 Å². The number of nitrogens with one attached hydrogen (secondary N) is 1. The molecule has 8 nitrogen and oxygen atoms in total. The van der Waals surface area contributed by atoms with Gasteiger partial charge in [-0.3, -0.25) is 13.9 Å². The van der Waals surface area contributed by atoms with E-state index in [4.69, 9.17) is 27.9 Å². The molecule has 0 aromatic heterocycles. The average Bonchev–Trinajstić information content (AvgIpc) is 3.07. The van der Waals surface area contributed by atoms with Crippen molar-refractivity contribution in [1.82, 2.24) is 10.2 Å². The summed E-state index contributed by atoms with van der Waals surface area (Å²) < 4.78 is 34.5. The van der Waals surface area contributed by atoms with Crippen LogP contribution < -0.4 is 14.4 Å². The first-order valence-electron chi connectivity index (χ1n) is 14.8. The predicted molar refractivity (Wildman–Crippen MR) is 183 cm³/mol. The third kappa shape index (κ3) is 8.81. The van der Waals surface area contributed by atoms with E-state index in [1.165, 1.54) is 24.1 Å². The highest BCUT2D eigenvalue weighted by atomic mass is 35.5. The van der Waals surface area contributed by atoms with Crippen molar-refractivity contribution >= 4 is 50.7 Å². The second-order valence-electron chi connectivity index (χ2n) is 10.8.